The van der Waals surface area contributed by atoms with Crippen molar-refractivity contribution < 1.29 is 26.1 Å². The minimum absolute atomic E-state index is 0. The number of aromatic nitrogens is 4. The molecule has 0 saturated carbocycles. The Balaban J connectivity index is 0.00000323. The van der Waals surface area contributed by atoms with Gasteiger partial charge >= 0.3 is 0 Å². The Labute approximate surface area is 247 Å². The zero-order chi connectivity index (χ0) is 26.6. The minimum Gasteiger partial charge on any atom is -1.00 e. The van der Waals surface area contributed by atoms with E-state index >= 15 is 0 Å². The van der Waals surface area contributed by atoms with Crippen molar-refractivity contribution in [3.8, 4) is 0 Å². The van der Waals surface area contributed by atoms with Gasteiger partial charge in [-0.25, -0.2) is 9.13 Å². The largest absolute Gasteiger partial charge is 1.00 e. The molecule has 0 saturated heterocycles. The standard InChI is InChI=1S/C35H38N4.BrH/c1-36-26-30(32-8-3-5-10-34(32)36)14-12-28-16-22-38(23-17-28)20-7-21-39-24-18-29(19-25-39)13-15-31-27-37(2)35-11-6-4-9-33(31)35;/h3-6,8-11,16-19,22-27H,7,12-15,20-21H2,1-2H3;1H/q+2;/p-1. The predicted molar refractivity (Wildman–Crippen MR) is 159 cm³/mol. The van der Waals surface area contributed by atoms with Crippen molar-refractivity contribution in [2.45, 2.75) is 45.2 Å². The van der Waals surface area contributed by atoms with Crippen molar-refractivity contribution in [3.63, 3.8) is 0 Å². The molecule has 4 aromatic heterocycles. The summed E-state index contributed by atoms with van der Waals surface area (Å²) in [5.74, 6) is 0. The molecule has 0 N–H and O–H groups in total. The van der Waals surface area contributed by atoms with Crippen LogP contribution in [0, 0.1) is 0 Å². The lowest BCUT2D eigenvalue weighted by Crippen LogP contribution is -3.00. The third kappa shape index (κ3) is 6.20. The highest BCUT2D eigenvalue weighted by Gasteiger charge is 2.10. The van der Waals surface area contributed by atoms with Gasteiger partial charge in [0.1, 0.15) is 0 Å². The zero-order valence-corrected chi connectivity index (χ0v) is 25.1. The monoisotopic (exact) mass is 593 g/mol. The highest BCUT2D eigenvalue weighted by Crippen LogP contribution is 2.22. The predicted octanol–water partition coefficient (Wildman–Crippen LogP) is 2.91. The van der Waals surface area contributed by atoms with E-state index in [0.717, 1.165) is 45.2 Å². The van der Waals surface area contributed by atoms with Crippen LogP contribution in [-0.2, 0) is 52.9 Å². The first kappa shape index (κ1) is 27.9. The first-order chi connectivity index (χ1) is 19.1. The first-order valence-corrected chi connectivity index (χ1v) is 14.2. The molecule has 2 aromatic carbocycles. The van der Waals surface area contributed by atoms with Crippen LogP contribution in [0.25, 0.3) is 21.8 Å². The Bertz CT molecular complexity index is 1570. The van der Waals surface area contributed by atoms with Gasteiger partial charge in [-0.2, -0.15) is 0 Å². The van der Waals surface area contributed by atoms with Gasteiger partial charge in [0.05, 0.1) is 6.42 Å². The number of hydrogen-bond donors (Lipinski definition) is 0. The van der Waals surface area contributed by atoms with E-state index < -0.39 is 0 Å². The smallest absolute Gasteiger partial charge is 0.169 e. The van der Waals surface area contributed by atoms with E-state index in [1.165, 1.54) is 44.1 Å². The van der Waals surface area contributed by atoms with Crippen molar-refractivity contribution in [2.75, 3.05) is 0 Å². The maximum atomic E-state index is 2.31. The van der Waals surface area contributed by atoms with Gasteiger partial charge in [0.2, 0.25) is 0 Å². The maximum Gasteiger partial charge on any atom is 0.169 e. The average Bonchev–Trinajstić information content (AvgIpc) is 3.48. The fourth-order valence-electron chi connectivity index (χ4n) is 5.85. The number of halogens is 1. The van der Waals surface area contributed by atoms with E-state index in [1.54, 1.807) is 0 Å². The number of benzene rings is 2. The molecular weight excluding hydrogens is 556 g/mol. The van der Waals surface area contributed by atoms with Gasteiger partial charge in [0.15, 0.2) is 37.9 Å². The van der Waals surface area contributed by atoms with Gasteiger partial charge in [-0.15, -0.1) is 0 Å². The molecule has 0 aliphatic heterocycles. The lowest BCUT2D eigenvalue weighted by Gasteiger charge is -2.02. The SMILES string of the molecule is Cn1cc(CCc2cc[n+](CCC[n+]3ccc(CCc4cn(C)c5ccccc45)cc3)cc2)c2ccccc21.[Br-]. The molecule has 4 nitrogen and oxygen atoms in total. The van der Waals surface area contributed by atoms with Crippen LogP contribution in [0.15, 0.2) is 110 Å². The summed E-state index contributed by atoms with van der Waals surface area (Å²) >= 11 is 0. The molecule has 0 spiro atoms. The number of nitrogens with zero attached hydrogens (tertiary/aromatic N) is 4. The molecule has 0 aliphatic carbocycles. The molecule has 0 unspecified atom stereocenters. The molecule has 6 aromatic rings. The summed E-state index contributed by atoms with van der Waals surface area (Å²) in [7, 11) is 4.27. The molecule has 4 heterocycles. The molecule has 40 heavy (non-hydrogen) atoms. The van der Waals surface area contributed by atoms with Gasteiger partial charge in [-0.3, -0.25) is 0 Å². The third-order valence-corrected chi connectivity index (χ3v) is 8.08. The van der Waals surface area contributed by atoms with Gasteiger partial charge in [0, 0.05) is 72.6 Å². The Morgan fingerprint density at radius 1 is 0.525 bits per heavy atom. The van der Waals surface area contributed by atoms with Crippen LogP contribution in [0.3, 0.4) is 0 Å². The molecule has 204 valence electrons. The van der Waals surface area contributed by atoms with Crippen LogP contribution in [-0.4, -0.2) is 9.13 Å². The molecule has 0 aliphatic rings. The van der Waals surface area contributed by atoms with Crippen molar-refractivity contribution in [1.29, 1.82) is 0 Å². The van der Waals surface area contributed by atoms with Crippen LogP contribution in [0.4, 0.5) is 0 Å². The van der Waals surface area contributed by atoms with E-state index in [1.807, 2.05) is 0 Å². The Hall–Kier alpha value is -3.70. The maximum absolute atomic E-state index is 2.31. The number of hydrogen-bond acceptors (Lipinski definition) is 0. The summed E-state index contributed by atoms with van der Waals surface area (Å²) in [5, 5.41) is 2.75. The van der Waals surface area contributed by atoms with Crippen molar-refractivity contribution in [3.05, 3.63) is 132 Å². The summed E-state index contributed by atoms with van der Waals surface area (Å²) in [4.78, 5) is 0. The van der Waals surface area contributed by atoms with Crippen LogP contribution in [0.1, 0.15) is 28.7 Å². The average molecular weight is 595 g/mol. The normalized spacial score (nSPS) is 11.2. The first-order valence-electron chi connectivity index (χ1n) is 14.2. The van der Waals surface area contributed by atoms with Crippen LogP contribution >= 0.6 is 0 Å². The van der Waals surface area contributed by atoms with Gasteiger partial charge in [0.25, 0.3) is 0 Å². The van der Waals surface area contributed by atoms with E-state index in [4.69, 9.17) is 0 Å². The fraction of sp³-hybridized carbons (Fsp3) is 0.257. The third-order valence-electron chi connectivity index (χ3n) is 8.08. The molecule has 0 atom stereocenters. The van der Waals surface area contributed by atoms with E-state index in [-0.39, 0.29) is 17.0 Å². The summed E-state index contributed by atoms with van der Waals surface area (Å²) in [6.45, 7) is 2.05. The molecule has 6 rings (SSSR count). The molecule has 0 bridgehead atoms. The number of para-hydroxylation sites is 2. The van der Waals surface area contributed by atoms with Crippen LogP contribution in [0.2, 0.25) is 0 Å². The zero-order valence-electron chi connectivity index (χ0n) is 23.5. The topological polar surface area (TPSA) is 17.6 Å². The molecule has 0 amide bonds. The quantitative estimate of drug-likeness (QED) is 0.217. The number of fused-ring (bicyclic) bond motifs is 2. The lowest BCUT2D eigenvalue weighted by atomic mass is 10.0. The van der Waals surface area contributed by atoms with Gasteiger partial charge < -0.3 is 26.1 Å². The number of pyridine rings is 2. The summed E-state index contributed by atoms with van der Waals surface area (Å²) in [6, 6.07) is 26.5. The Morgan fingerprint density at radius 2 is 0.925 bits per heavy atom. The second-order valence-electron chi connectivity index (χ2n) is 10.8. The molecule has 0 fully saturated rings. The van der Waals surface area contributed by atoms with Crippen LogP contribution in [0.5, 0.6) is 0 Å². The fourth-order valence-corrected chi connectivity index (χ4v) is 5.85. The molecule has 0 radical (unpaired) electrons. The summed E-state index contributed by atoms with van der Waals surface area (Å²) in [5.41, 5.74) is 8.28. The molecule has 5 heteroatoms. The van der Waals surface area contributed by atoms with E-state index in [9.17, 15) is 0 Å². The van der Waals surface area contributed by atoms with Crippen molar-refractivity contribution in [1.82, 2.24) is 9.13 Å². The van der Waals surface area contributed by atoms with Crippen molar-refractivity contribution in [2.24, 2.45) is 14.1 Å². The van der Waals surface area contributed by atoms with Gasteiger partial charge in [-0.1, -0.05) is 36.4 Å². The number of aryl methyl sites for hydroxylation is 8. The summed E-state index contributed by atoms with van der Waals surface area (Å²) < 4.78 is 9.09. The second kappa shape index (κ2) is 12.6. The van der Waals surface area contributed by atoms with Gasteiger partial charge in [-0.05, 0) is 60.1 Å². The Kier molecular flexibility index (Phi) is 8.81. The minimum atomic E-state index is 0. The number of rotatable bonds is 10. The van der Waals surface area contributed by atoms with E-state index in [2.05, 4.69) is 142 Å². The highest BCUT2D eigenvalue weighted by molar-refractivity contribution is 5.84. The van der Waals surface area contributed by atoms with Crippen LogP contribution < -0.4 is 26.1 Å². The second-order valence-corrected chi connectivity index (χ2v) is 10.8. The van der Waals surface area contributed by atoms with E-state index in [0.29, 0.717) is 0 Å². The van der Waals surface area contributed by atoms with Crippen molar-refractivity contribution >= 4 is 21.8 Å². The molecular formula is C35H38BrN4+. The lowest BCUT2D eigenvalue weighted by molar-refractivity contribution is -0.727. The summed E-state index contributed by atoms with van der Waals surface area (Å²) in [6.07, 6.45) is 18.9. The Morgan fingerprint density at radius 3 is 1.35 bits per heavy atom. The highest BCUT2D eigenvalue weighted by atomic mass is 79.9.